The molecule has 360 valence electrons. The van der Waals surface area contributed by atoms with Crippen LogP contribution < -0.4 is 20.4 Å². The van der Waals surface area contributed by atoms with Crippen LogP contribution >= 0.6 is 0 Å². The Labute approximate surface area is 376 Å². The standard InChI is InChI=1S/C38H51N5O18S4/c1-25(41(17-7-19-62(49,50)51)32-12-6-11-30(27(32)3)38(48)61-43-34(44)13-14-35(43)45)9-5-10-26(2)42(18-8-20-63(52,53)54)33-24-29(36(46)39-15-21-64(55,56)57)23-31(28(33)4)37(47)40-16-22-65(58,59)60/h5-6,9-12,23-24,26H,7-8,13-22H2,1-4H3,(H,39,46)(H,40,47)(H,49,50,51)(H,52,53,54)(H,55,56,57)(H,58,59,60)/b10-5+,25-9+. The van der Waals surface area contributed by atoms with Gasteiger partial charge in [0.25, 0.3) is 64.1 Å². The maximum atomic E-state index is 13.4. The summed E-state index contributed by atoms with van der Waals surface area (Å²) in [5, 5.41) is 5.03. The molecule has 1 aliphatic rings. The second-order valence-electron chi connectivity index (χ2n) is 14.7. The Bertz CT molecular complexity index is 2650. The predicted molar refractivity (Wildman–Crippen MR) is 235 cm³/mol. The highest BCUT2D eigenvalue weighted by atomic mass is 32.2. The Balaban J connectivity index is 2.11. The molecule has 65 heavy (non-hydrogen) atoms. The molecule has 4 amide bonds. The van der Waals surface area contributed by atoms with E-state index in [9.17, 15) is 66.7 Å². The van der Waals surface area contributed by atoms with Crippen LogP contribution in [0, 0.1) is 13.8 Å². The molecule has 27 heteroatoms. The normalized spacial score (nSPS) is 14.4. The van der Waals surface area contributed by atoms with Crippen molar-refractivity contribution in [1.29, 1.82) is 0 Å². The molecule has 23 nitrogen and oxygen atoms in total. The van der Waals surface area contributed by atoms with E-state index in [2.05, 4.69) is 10.6 Å². The zero-order valence-electron chi connectivity index (χ0n) is 35.7. The number of carbonyl (C=O) groups excluding carboxylic acids is 5. The summed E-state index contributed by atoms with van der Waals surface area (Å²) in [5.41, 5.74) is 1.07. The van der Waals surface area contributed by atoms with E-state index in [-0.39, 0.29) is 66.7 Å². The van der Waals surface area contributed by atoms with Gasteiger partial charge in [0, 0.05) is 73.3 Å². The molecule has 0 radical (unpaired) electrons. The average Bonchev–Trinajstić information content (AvgIpc) is 3.48. The number of rotatable bonds is 24. The van der Waals surface area contributed by atoms with Crippen LogP contribution in [0.3, 0.4) is 0 Å². The predicted octanol–water partition coefficient (Wildman–Crippen LogP) is 1.48. The molecule has 2 aromatic carbocycles. The van der Waals surface area contributed by atoms with Crippen LogP contribution in [-0.2, 0) is 54.9 Å². The number of allylic oxidation sites excluding steroid dienone is 3. The number of hydrogen-bond acceptors (Lipinski definition) is 16. The molecule has 1 aliphatic heterocycles. The number of anilines is 2. The fourth-order valence-corrected chi connectivity index (χ4v) is 8.19. The first-order valence-electron chi connectivity index (χ1n) is 19.6. The number of nitrogens with one attached hydrogen (secondary N) is 2. The van der Waals surface area contributed by atoms with Crippen molar-refractivity contribution in [2.24, 2.45) is 0 Å². The third kappa shape index (κ3) is 17.6. The van der Waals surface area contributed by atoms with Crippen molar-refractivity contribution in [3.05, 3.63) is 82.1 Å². The lowest BCUT2D eigenvalue weighted by Crippen LogP contribution is -2.36. The van der Waals surface area contributed by atoms with Gasteiger partial charge in [-0.05, 0) is 82.0 Å². The van der Waals surface area contributed by atoms with Crippen molar-refractivity contribution in [2.45, 2.75) is 59.4 Å². The van der Waals surface area contributed by atoms with E-state index in [0.29, 0.717) is 22.0 Å². The number of benzene rings is 2. The minimum Gasteiger partial charge on any atom is -0.365 e. The Morgan fingerprint density at radius 2 is 1.25 bits per heavy atom. The van der Waals surface area contributed by atoms with Crippen LogP contribution in [0.1, 0.15) is 81.7 Å². The van der Waals surface area contributed by atoms with Crippen molar-refractivity contribution < 1.29 is 80.7 Å². The van der Waals surface area contributed by atoms with Crippen molar-refractivity contribution >= 4 is 81.4 Å². The highest BCUT2D eigenvalue weighted by Gasteiger charge is 2.34. The van der Waals surface area contributed by atoms with Crippen LogP contribution in [0.2, 0.25) is 0 Å². The Morgan fingerprint density at radius 1 is 0.738 bits per heavy atom. The smallest absolute Gasteiger partial charge is 0.364 e. The molecule has 0 aromatic heterocycles. The fraction of sp³-hybridized carbons (Fsp3) is 0.447. The van der Waals surface area contributed by atoms with E-state index in [4.69, 9.17) is 13.9 Å². The molecule has 2 aromatic rings. The summed E-state index contributed by atoms with van der Waals surface area (Å²) in [6, 6.07) is 6.21. The molecule has 1 unspecified atom stereocenters. The molecule has 6 N–H and O–H groups in total. The van der Waals surface area contributed by atoms with Gasteiger partial charge in [0.2, 0.25) is 0 Å². The zero-order valence-corrected chi connectivity index (χ0v) is 38.9. The molecule has 0 spiro atoms. The van der Waals surface area contributed by atoms with Crippen molar-refractivity contribution in [3.63, 3.8) is 0 Å². The van der Waals surface area contributed by atoms with Gasteiger partial charge in [0.1, 0.15) is 0 Å². The second-order valence-corrected chi connectivity index (χ2v) is 21.0. The van der Waals surface area contributed by atoms with Crippen molar-refractivity contribution in [3.8, 4) is 0 Å². The van der Waals surface area contributed by atoms with E-state index in [1.165, 1.54) is 25.1 Å². The summed E-state index contributed by atoms with van der Waals surface area (Å²) in [4.78, 5) is 72.4. The first-order chi connectivity index (χ1) is 30.0. The average molecular weight is 994 g/mol. The molecular weight excluding hydrogens is 943 g/mol. The minimum absolute atomic E-state index is 0.0246. The van der Waals surface area contributed by atoms with Crippen LogP contribution in [0.15, 0.2) is 54.3 Å². The van der Waals surface area contributed by atoms with E-state index in [0.717, 1.165) is 6.07 Å². The summed E-state index contributed by atoms with van der Waals surface area (Å²) in [6.45, 7) is 5.08. The lowest BCUT2D eigenvalue weighted by molar-refractivity contribution is -0.172. The van der Waals surface area contributed by atoms with Gasteiger partial charge in [0.15, 0.2) is 0 Å². The summed E-state index contributed by atoms with van der Waals surface area (Å²) >= 11 is 0. The number of imide groups is 1. The third-order valence-electron chi connectivity index (χ3n) is 9.71. The Morgan fingerprint density at radius 3 is 1.78 bits per heavy atom. The fourth-order valence-electron chi connectivity index (χ4n) is 6.48. The summed E-state index contributed by atoms with van der Waals surface area (Å²) in [7, 11) is -17.8. The number of amides is 4. The zero-order chi connectivity index (χ0) is 49.1. The first kappa shape index (κ1) is 54.0. The van der Waals surface area contributed by atoms with E-state index < -0.39 is 112 Å². The van der Waals surface area contributed by atoms with Crippen LogP contribution in [0.5, 0.6) is 0 Å². The van der Waals surface area contributed by atoms with Crippen molar-refractivity contribution in [1.82, 2.24) is 15.7 Å². The van der Waals surface area contributed by atoms with Gasteiger partial charge in [-0.2, -0.15) is 33.7 Å². The number of carbonyl (C=O) groups is 5. The van der Waals surface area contributed by atoms with Gasteiger partial charge in [-0.15, -0.1) is 5.06 Å². The summed E-state index contributed by atoms with van der Waals surface area (Å²) in [6.07, 6.45) is 4.22. The molecule has 1 atom stereocenters. The Kier molecular flexibility index (Phi) is 18.9. The quantitative estimate of drug-likeness (QED) is 0.0493. The lowest BCUT2D eigenvalue weighted by atomic mass is 9.99. The second kappa shape index (κ2) is 22.7. The molecule has 0 saturated carbocycles. The third-order valence-corrected chi connectivity index (χ3v) is 12.8. The number of nitrogens with zero attached hydrogens (tertiary/aromatic N) is 3. The molecule has 1 fully saturated rings. The molecular formula is C38H51N5O18S4. The van der Waals surface area contributed by atoms with Crippen LogP contribution in [0.4, 0.5) is 11.4 Å². The molecule has 0 bridgehead atoms. The largest absolute Gasteiger partial charge is 0.365 e. The molecule has 1 saturated heterocycles. The highest BCUT2D eigenvalue weighted by Crippen LogP contribution is 2.30. The van der Waals surface area contributed by atoms with Gasteiger partial charge in [0.05, 0.1) is 28.6 Å². The maximum absolute atomic E-state index is 13.4. The SMILES string of the molecule is C/C(=C\C=C\C(C)N(CCCS(=O)(=O)O)c1cc(C(=O)NCCS(=O)(=O)O)cc(C(=O)NCCS(=O)(=O)O)c1C)N(CCCS(=O)(=O)O)c1cccc(C(=O)ON2C(=O)CCC2=O)c1C. The Hall–Kier alpha value is -5.29. The minimum atomic E-state index is -4.49. The van der Waals surface area contributed by atoms with Gasteiger partial charge in [-0.25, -0.2) is 4.79 Å². The lowest BCUT2D eigenvalue weighted by Gasteiger charge is -2.32. The summed E-state index contributed by atoms with van der Waals surface area (Å²) in [5.74, 6) is -7.22. The topological polar surface area (TPSA) is 346 Å². The number of hydroxylamine groups is 2. The summed E-state index contributed by atoms with van der Waals surface area (Å²) < 4.78 is 129. The molecule has 1 heterocycles. The maximum Gasteiger partial charge on any atom is 0.364 e. The van der Waals surface area contributed by atoms with Gasteiger partial charge >= 0.3 is 5.97 Å². The van der Waals surface area contributed by atoms with Crippen molar-refractivity contribution in [2.75, 3.05) is 59.0 Å². The van der Waals surface area contributed by atoms with Crippen LogP contribution in [-0.4, -0.2) is 142 Å². The number of hydrogen-bond donors (Lipinski definition) is 6. The molecule has 0 aliphatic carbocycles. The molecule has 3 rings (SSSR count). The van der Waals surface area contributed by atoms with Gasteiger partial charge in [-0.3, -0.25) is 37.4 Å². The highest BCUT2D eigenvalue weighted by molar-refractivity contribution is 7.86. The van der Waals surface area contributed by atoms with Crippen LogP contribution in [0.25, 0.3) is 0 Å². The first-order valence-corrected chi connectivity index (χ1v) is 26.0. The van der Waals surface area contributed by atoms with E-state index in [1.807, 2.05) is 0 Å². The van der Waals surface area contributed by atoms with Gasteiger partial charge in [-0.1, -0.05) is 18.2 Å². The van der Waals surface area contributed by atoms with E-state index >= 15 is 0 Å². The van der Waals surface area contributed by atoms with E-state index in [1.54, 1.807) is 54.9 Å². The van der Waals surface area contributed by atoms with Gasteiger partial charge < -0.3 is 25.3 Å². The monoisotopic (exact) mass is 993 g/mol.